The van der Waals surface area contributed by atoms with Crippen LogP contribution >= 0.6 is 15.9 Å². The first kappa shape index (κ1) is 12.7. The number of rotatable bonds is 5. The maximum atomic E-state index is 11.6. The third-order valence-corrected chi connectivity index (χ3v) is 2.90. The van der Waals surface area contributed by atoms with E-state index in [1.165, 1.54) is 0 Å². The van der Waals surface area contributed by atoms with Crippen molar-refractivity contribution in [3.63, 3.8) is 0 Å². The molecule has 0 fully saturated rings. The molecule has 18 heavy (non-hydrogen) atoms. The van der Waals surface area contributed by atoms with E-state index in [9.17, 15) is 4.79 Å². The third kappa shape index (κ3) is 3.92. The van der Waals surface area contributed by atoms with Crippen molar-refractivity contribution in [2.75, 3.05) is 0 Å². The van der Waals surface area contributed by atoms with Gasteiger partial charge in [-0.2, -0.15) is 5.21 Å². The molecule has 1 aromatic carbocycles. The number of hydrogen-bond acceptors (Lipinski definition) is 4. The molecule has 0 saturated carbocycles. The second-order valence-corrected chi connectivity index (χ2v) is 4.65. The summed E-state index contributed by atoms with van der Waals surface area (Å²) in [5.74, 6) is 0.525. The number of aromatic nitrogens is 4. The fourth-order valence-electron chi connectivity index (χ4n) is 1.41. The first-order valence-electron chi connectivity index (χ1n) is 5.47. The highest BCUT2D eigenvalue weighted by Gasteiger charge is 2.04. The van der Waals surface area contributed by atoms with E-state index in [4.69, 9.17) is 0 Å². The number of carbonyl (C=O) groups is 1. The van der Waals surface area contributed by atoms with Gasteiger partial charge in [-0.15, -0.1) is 10.2 Å². The monoisotopic (exact) mass is 309 g/mol. The SMILES string of the molecule is O=C(CCc1nn[nH]n1)NCc1ccc(Br)cc1. The van der Waals surface area contributed by atoms with E-state index in [-0.39, 0.29) is 5.91 Å². The van der Waals surface area contributed by atoms with E-state index in [0.717, 1.165) is 10.0 Å². The van der Waals surface area contributed by atoms with E-state index >= 15 is 0 Å². The summed E-state index contributed by atoms with van der Waals surface area (Å²) >= 11 is 3.36. The van der Waals surface area contributed by atoms with Gasteiger partial charge < -0.3 is 5.32 Å². The van der Waals surface area contributed by atoms with Crippen molar-refractivity contribution in [1.29, 1.82) is 0 Å². The Labute approximate surface area is 112 Å². The Morgan fingerprint density at radius 2 is 2.11 bits per heavy atom. The molecule has 2 aromatic rings. The first-order chi connectivity index (χ1) is 8.74. The lowest BCUT2D eigenvalue weighted by atomic mass is 10.2. The van der Waals surface area contributed by atoms with Crippen LogP contribution in [-0.4, -0.2) is 26.5 Å². The topological polar surface area (TPSA) is 83.6 Å². The summed E-state index contributed by atoms with van der Waals surface area (Å²) in [7, 11) is 0. The van der Waals surface area contributed by atoms with Crippen molar-refractivity contribution in [2.24, 2.45) is 0 Å². The molecule has 0 unspecified atom stereocenters. The number of H-pyrrole nitrogens is 1. The Balaban J connectivity index is 1.73. The van der Waals surface area contributed by atoms with Crippen LogP contribution in [0.15, 0.2) is 28.7 Å². The molecule has 1 aromatic heterocycles. The molecule has 0 bridgehead atoms. The standard InChI is InChI=1S/C11H12BrN5O/c12-9-3-1-8(2-4-9)7-13-11(18)6-5-10-14-16-17-15-10/h1-4H,5-7H2,(H,13,18)(H,14,15,16,17). The number of nitrogens with zero attached hydrogens (tertiary/aromatic N) is 3. The van der Waals surface area contributed by atoms with Crippen molar-refractivity contribution >= 4 is 21.8 Å². The Kier molecular flexibility index (Phi) is 4.40. The number of carbonyl (C=O) groups excluding carboxylic acids is 1. The van der Waals surface area contributed by atoms with Gasteiger partial charge in [0.1, 0.15) is 0 Å². The lowest BCUT2D eigenvalue weighted by Crippen LogP contribution is -2.23. The predicted molar refractivity (Wildman–Crippen MR) is 68.5 cm³/mol. The van der Waals surface area contributed by atoms with Crippen LogP contribution in [0.3, 0.4) is 0 Å². The average Bonchev–Trinajstić information content (AvgIpc) is 2.89. The lowest BCUT2D eigenvalue weighted by molar-refractivity contribution is -0.121. The molecule has 6 nitrogen and oxygen atoms in total. The van der Waals surface area contributed by atoms with Gasteiger partial charge in [-0.25, -0.2) is 0 Å². The fourth-order valence-corrected chi connectivity index (χ4v) is 1.67. The minimum atomic E-state index is -0.0253. The van der Waals surface area contributed by atoms with Gasteiger partial charge in [-0.05, 0) is 17.7 Å². The number of tetrazole rings is 1. The summed E-state index contributed by atoms with van der Waals surface area (Å²) in [4.78, 5) is 11.6. The number of aryl methyl sites for hydroxylation is 1. The summed E-state index contributed by atoms with van der Waals surface area (Å²) in [6, 6.07) is 7.81. The molecule has 2 N–H and O–H groups in total. The average molecular weight is 310 g/mol. The molecule has 1 heterocycles. The summed E-state index contributed by atoms with van der Waals surface area (Å²) in [6.07, 6.45) is 0.846. The van der Waals surface area contributed by atoms with Crippen molar-refractivity contribution < 1.29 is 4.79 Å². The number of amides is 1. The van der Waals surface area contributed by atoms with Gasteiger partial charge in [0.05, 0.1) is 0 Å². The fraction of sp³-hybridized carbons (Fsp3) is 0.273. The number of aromatic amines is 1. The smallest absolute Gasteiger partial charge is 0.220 e. The van der Waals surface area contributed by atoms with Gasteiger partial charge >= 0.3 is 0 Å². The third-order valence-electron chi connectivity index (χ3n) is 2.37. The molecule has 2 rings (SSSR count). The largest absolute Gasteiger partial charge is 0.352 e. The van der Waals surface area contributed by atoms with E-state index in [1.807, 2.05) is 24.3 Å². The van der Waals surface area contributed by atoms with Crippen LogP contribution in [0, 0.1) is 0 Å². The summed E-state index contributed by atoms with van der Waals surface area (Å²) in [5, 5.41) is 16.2. The second kappa shape index (κ2) is 6.25. The number of hydrogen-bond donors (Lipinski definition) is 2. The highest BCUT2D eigenvalue weighted by molar-refractivity contribution is 9.10. The van der Waals surface area contributed by atoms with Gasteiger partial charge in [0.15, 0.2) is 5.82 Å². The highest BCUT2D eigenvalue weighted by Crippen LogP contribution is 2.10. The minimum absolute atomic E-state index is 0.0253. The maximum Gasteiger partial charge on any atom is 0.220 e. The zero-order valence-electron chi connectivity index (χ0n) is 9.56. The van der Waals surface area contributed by atoms with Crippen molar-refractivity contribution in [1.82, 2.24) is 25.9 Å². The highest BCUT2D eigenvalue weighted by atomic mass is 79.9. The van der Waals surface area contributed by atoms with E-state index in [1.54, 1.807) is 0 Å². The van der Waals surface area contributed by atoms with Crippen molar-refractivity contribution in [3.8, 4) is 0 Å². The zero-order chi connectivity index (χ0) is 12.8. The van der Waals surface area contributed by atoms with Crippen LogP contribution in [-0.2, 0) is 17.8 Å². The number of halogens is 1. The van der Waals surface area contributed by atoms with Crippen LogP contribution in [0.1, 0.15) is 17.8 Å². The van der Waals surface area contributed by atoms with Gasteiger partial charge in [0.25, 0.3) is 0 Å². The lowest BCUT2D eigenvalue weighted by Gasteiger charge is -2.04. The molecule has 0 aliphatic carbocycles. The summed E-state index contributed by atoms with van der Waals surface area (Å²) < 4.78 is 1.02. The molecule has 1 amide bonds. The Morgan fingerprint density at radius 3 is 2.78 bits per heavy atom. The van der Waals surface area contributed by atoms with Crippen LogP contribution in [0.5, 0.6) is 0 Å². The molecule has 0 aliphatic rings. The minimum Gasteiger partial charge on any atom is -0.352 e. The van der Waals surface area contributed by atoms with E-state index < -0.39 is 0 Å². The Morgan fingerprint density at radius 1 is 1.33 bits per heavy atom. The molecule has 7 heteroatoms. The van der Waals surface area contributed by atoms with E-state index in [0.29, 0.717) is 25.2 Å². The van der Waals surface area contributed by atoms with Gasteiger partial charge in [-0.3, -0.25) is 4.79 Å². The zero-order valence-corrected chi connectivity index (χ0v) is 11.1. The van der Waals surface area contributed by atoms with E-state index in [2.05, 4.69) is 41.9 Å². The molecule has 0 radical (unpaired) electrons. The Bertz CT molecular complexity index is 497. The predicted octanol–water partition coefficient (Wildman–Crippen LogP) is 1.21. The van der Waals surface area contributed by atoms with Gasteiger partial charge in [-0.1, -0.05) is 33.3 Å². The normalized spacial score (nSPS) is 10.3. The van der Waals surface area contributed by atoms with Crippen molar-refractivity contribution in [2.45, 2.75) is 19.4 Å². The molecular weight excluding hydrogens is 298 g/mol. The molecule has 0 spiro atoms. The molecule has 0 aliphatic heterocycles. The number of benzene rings is 1. The molecular formula is C11H12BrN5O. The van der Waals surface area contributed by atoms with Crippen molar-refractivity contribution in [3.05, 3.63) is 40.1 Å². The maximum absolute atomic E-state index is 11.6. The Hall–Kier alpha value is -1.76. The summed E-state index contributed by atoms with van der Waals surface area (Å²) in [5.41, 5.74) is 1.06. The van der Waals surface area contributed by atoms with Crippen LogP contribution in [0.25, 0.3) is 0 Å². The van der Waals surface area contributed by atoms with Gasteiger partial charge in [0, 0.05) is 23.9 Å². The quantitative estimate of drug-likeness (QED) is 0.869. The number of nitrogens with one attached hydrogen (secondary N) is 2. The van der Waals surface area contributed by atoms with Gasteiger partial charge in [0.2, 0.25) is 5.91 Å². The van der Waals surface area contributed by atoms with Crippen LogP contribution in [0.4, 0.5) is 0 Å². The van der Waals surface area contributed by atoms with Crippen LogP contribution in [0.2, 0.25) is 0 Å². The molecule has 94 valence electrons. The molecule has 0 atom stereocenters. The summed E-state index contributed by atoms with van der Waals surface area (Å²) in [6.45, 7) is 0.526. The van der Waals surface area contributed by atoms with Crippen LogP contribution < -0.4 is 5.32 Å². The molecule has 0 saturated heterocycles. The first-order valence-corrected chi connectivity index (χ1v) is 6.27. The second-order valence-electron chi connectivity index (χ2n) is 3.73.